The molecule has 0 aliphatic carbocycles. The van der Waals surface area contributed by atoms with Crippen molar-refractivity contribution in [1.82, 2.24) is 10.6 Å². The van der Waals surface area contributed by atoms with E-state index >= 15 is 0 Å². The molecule has 0 bridgehead atoms. The average Bonchev–Trinajstić information content (AvgIpc) is 3.64. The Bertz CT molecular complexity index is 1170. The smallest absolute Gasteiger partial charge is 0.266 e. The molecule has 9 nitrogen and oxygen atoms in total. The maximum Gasteiger partial charge on any atom is 0.266 e. The molecule has 35 heavy (non-hydrogen) atoms. The number of benzene rings is 2. The summed E-state index contributed by atoms with van der Waals surface area (Å²) in [7, 11) is 0. The summed E-state index contributed by atoms with van der Waals surface area (Å²) in [5.74, 6) is -1.65. The summed E-state index contributed by atoms with van der Waals surface area (Å²) >= 11 is 0. The van der Waals surface area contributed by atoms with Crippen molar-refractivity contribution in [3.05, 3.63) is 64.7 Å². The first-order chi connectivity index (χ1) is 17.0. The molecule has 2 aromatic rings. The Kier molecular flexibility index (Phi) is 6.61. The summed E-state index contributed by atoms with van der Waals surface area (Å²) in [5.41, 5.74) is 1.32. The van der Waals surface area contributed by atoms with Crippen molar-refractivity contribution in [2.45, 2.75) is 37.9 Å². The van der Waals surface area contributed by atoms with Crippen molar-refractivity contribution in [2.75, 3.05) is 31.2 Å². The Morgan fingerprint density at radius 2 is 1.40 bits per heavy atom. The van der Waals surface area contributed by atoms with Crippen LogP contribution in [0.1, 0.15) is 67.1 Å². The van der Waals surface area contributed by atoms with Crippen molar-refractivity contribution >= 4 is 29.3 Å². The van der Waals surface area contributed by atoms with E-state index in [9.17, 15) is 19.2 Å². The van der Waals surface area contributed by atoms with Gasteiger partial charge in [0.1, 0.15) is 0 Å². The fourth-order valence-electron chi connectivity index (χ4n) is 4.63. The van der Waals surface area contributed by atoms with E-state index in [1.54, 1.807) is 18.2 Å². The number of rotatable bonds is 7. The van der Waals surface area contributed by atoms with E-state index in [0.29, 0.717) is 43.1 Å². The molecule has 2 fully saturated rings. The van der Waals surface area contributed by atoms with Crippen LogP contribution in [0.2, 0.25) is 0 Å². The number of carbonyl (C=O) groups excluding carboxylic acids is 4. The third-order valence-electron chi connectivity index (χ3n) is 6.54. The highest BCUT2D eigenvalue weighted by Crippen LogP contribution is 2.29. The number of nitrogens with zero attached hydrogens (tertiary/aromatic N) is 1. The average molecular weight is 478 g/mol. The fraction of sp³-hybridized carbons (Fsp3) is 0.385. The summed E-state index contributed by atoms with van der Waals surface area (Å²) in [6, 6.07) is 10.9. The topological polar surface area (TPSA) is 114 Å². The maximum atomic E-state index is 13.2. The zero-order valence-electron chi connectivity index (χ0n) is 19.2. The van der Waals surface area contributed by atoms with Crippen LogP contribution in [-0.4, -0.2) is 62.1 Å². The number of anilines is 1. The van der Waals surface area contributed by atoms with E-state index in [1.807, 2.05) is 0 Å². The van der Waals surface area contributed by atoms with Crippen molar-refractivity contribution in [3.8, 4) is 0 Å². The Morgan fingerprint density at radius 3 is 2.00 bits per heavy atom. The van der Waals surface area contributed by atoms with Gasteiger partial charge < -0.3 is 20.1 Å². The molecule has 9 heteroatoms. The molecule has 4 amide bonds. The Balaban J connectivity index is 1.29. The van der Waals surface area contributed by atoms with Crippen LogP contribution in [0.15, 0.2) is 42.5 Å². The number of fused-ring (bicyclic) bond motifs is 1. The SMILES string of the molecule is O=C(NC[C@H]1CCCO1)c1cccc(N2C(=O)c3ccc(C(=O)NC[C@@H]4CCCO4)cc3C2=O)c1. The van der Waals surface area contributed by atoms with Gasteiger partial charge in [-0.3, -0.25) is 19.2 Å². The first-order valence-corrected chi connectivity index (χ1v) is 11.9. The van der Waals surface area contributed by atoms with E-state index in [0.717, 1.165) is 30.6 Å². The van der Waals surface area contributed by atoms with E-state index in [4.69, 9.17) is 9.47 Å². The lowest BCUT2D eigenvalue weighted by Crippen LogP contribution is -2.32. The molecule has 2 N–H and O–H groups in total. The molecule has 0 aromatic heterocycles. The molecule has 5 rings (SSSR count). The summed E-state index contributed by atoms with van der Waals surface area (Å²) < 4.78 is 11.0. The predicted octanol–water partition coefficient (Wildman–Crippen LogP) is 2.30. The molecule has 2 saturated heterocycles. The lowest BCUT2D eigenvalue weighted by molar-refractivity contribution is 0.0854. The van der Waals surface area contributed by atoms with Gasteiger partial charge in [0.2, 0.25) is 0 Å². The minimum atomic E-state index is -0.532. The van der Waals surface area contributed by atoms with Gasteiger partial charge in [-0.2, -0.15) is 0 Å². The lowest BCUT2D eigenvalue weighted by Gasteiger charge is -2.15. The van der Waals surface area contributed by atoms with Crippen molar-refractivity contribution in [3.63, 3.8) is 0 Å². The zero-order chi connectivity index (χ0) is 24.4. The summed E-state index contributed by atoms with van der Waals surface area (Å²) in [6.07, 6.45) is 3.77. The van der Waals surface area contributed by atoms with Crippen LogP contribution >= 0.6 is 0 Å². The molecule has 0 saturated carbocycles. The molecular weight excluding hydrogens is 450 g/mol. The Hall–Kier alpha value is -3.56. The van der Waals surface area contributed by atoms with E-state index in [-0.39, 0.29) is 35.1 Å². The largest absolute Gasteiger partial charge is 0.376 e. The predicted molar refractivity (Wildman–Crippen MR) is 127 cm³/mol. The molecule has 0 unspecified atom stereocenters. The highest BCUT2D eigenvalue weighted by molar-refractivity contribution is 6.34. The van der Waals surface area contributed by atoms with Gasteiger partial charge in [0.25, 0.3) is 23.6 Å². The second-order valence-corrected chi connectivity index (χ2v) is 8.95. The van der Waals surface area contributed by atoms with Crippen LogP contribution in [-0.2, 0) is 9.47 Å². The fourth-order valence-corrected chi connectivity index (χ4v) is 4.63. The molecule has 2 atom stereocenters. The van der Waals surface area contributed by atoms with E-state index < -0.39 is 11.8 Å². The van der Waals surface area contributed by atoms with Crippen molar-refractivity contribution in [2.24, 2.45) is 0 Å². The first kappa shape index (κ1) is 23.2. The van der Waals surface area contributed by atoms with Crippen LogP contribution < -0.4 is 15.5 Å². The monoisotopic (exact) mass is 477 g/mol. The zero-order valence-corrected chi connectivity index (χ0v) is 19.2. The highest BCUT2D eigenvalue weighted by atomic mass is 16.5. The van der Waals surface area contributed by atoms with Gasteiger partial charge >= 0.3 is 0 Å². The van der Waals surface area contributed by atoms with Crippen LogP contribution in [0.5, 0.6) is 0 Å². The van der Waals surface area contributed by atoms with Crippen LogP contribution in [0.25, 0.3) is 0 Å². The third-order valence-corrected chi connectivity index (χ3v) is 6.54. The summed E-state index contributed by atoms with van der Waals surface area (Å²) in [5, 5.41) is 5.67. The van der Waals surface area contributed by atoms with Gasteiger partial charge in [0.05, 0.1) is 29.0 Å². The summed E-state index contributed by atoms with van der Waals surface area (Å²) in [4.78, 5) is 52.4. The molecule has 0 spiro atoms. The molecular formula is C26H27N3O6. The highest BCUT2D eigenvalue weighted by Gasteiger charge is 2.37. The molecule has 0 radical (unpaired) electrons. The molecule has 3 heterocycles. The van der Waals surface area contributed by atoms with Crippen LogP contribution in [0.3, 0.4) is 0 Å². The minimum absolute atomic E-state index is 0.00208. The van der Waals surface area contributed by atoms with Gasteiger partial charge in [-0.1, -0.05) is 6.07 Å². The quantitative estimate of drug-likeness (QED) is 0.592. The normalized spacial score (nSPS) is 21.3. The Morgan fingerprint density at radius 1 is 0.800 bits per heavy atom. The minimum Gasteiger partial charge on any atom is -0.376 e. The third kappa shape index (κ3) is 4.82. The molecule has 182 valence electrons. The summed E-state index contributed by atoms with van der Waals surface area (Å²) in [6.45, 7) is 2.21. The second-order valence-electron chi connectivity index (χ2n) is 8.95. The number of hydrogen-bond donors (Lipinski definition) is 2. The van der Waals surface area contributed by atoms with Crippen molar-refractivity contribution in [1.29, 1.82) is 0 Å². The number of amides is 4. The molecule has 3 aliphatic rings. The van der Waals surface area contributed by atoms with E-state index in [1.165, 1.54) is 24.3 Å². The van der Waals surface area contributed by atoms with Gasteiger partial charge in [0, 0.05) is 37.4 Å². The standard InChI is InChI=1S/C26H27N3O6/c30-23(27-14-19-6-2-10-34-19)16-4-1-5-18(12-16)29-25(32)21-9-8-17(13-22(21)26(29)33)24(31)28-15-20-7-3-11-35-20/h1,4-5,8-9,12-13,19-20H,2-3,6-7,10-11,14-15H2,(H,27,30)(H,28,31)/t19-,20+/m1/s1. The number of hydrogen-bond acceptors (Lipinski definition) is 6. The molecule has 2 aromatic carbocycles. The maximum absolute atomic E-state index is 13.2. The second kappa shape index (κ2) is 9.97. The number of imide groups is 1. The Labute approximate surface area is 202 Å². The molecule has 3 aliphatic heterocycles. The van der Waals surface area contributed by atoms with Gasteiger partial charge in [0.15, 0.2) is 0 Å². The van der Waals surface area contributed by atoms with E-state index in [2.05, 4.69) is 10.6 Å². The number of carbonyl (C=O) groups is 4. The number of ether oxygens (including phenoxy) is 2. The van der Waals surface area contributed by atoms with Crippen molar-refractivity contribution < 1.29 is 28.7 Å². The van der Waals surface area contributed by atoms with Crippen LogP contribution in [0, 0.1) is 0 Å². The van der Waals surface area contributed by atoms with Gasteiger partial charge in [-0.15, -0.1) is 0 Å². The van der Waals surface area contributed by atoms with Gasteiger partial charge in [-0.25, -0.2) is 4.90 Å². The first-order valence-electron chi connectivity index (χ1n) is 11.9. The van der Waals surface area contributed by atoms with Gasteiger partial charge in [-0.05, 0) is 62.1 Å². The number of nitrogens with one attached hydrogen (secondary N) is 2. The van der Waals surface area contributed by atoms with Crippen LogP contribution in [0.4, 0.5) is 5.69 Å². The lowest BCUT2D eigenvalue weighted by atomic mass is 10.1.